The smallest absolute Gasteiger partial charge is 0.145 e. The van der Waals surface area contributed by atoms with Crippen LogP contribution >= 0.6 is 0 Å². The third kappa shape index (κ3) is 3.86. The molecule has 0 aliphatic heterocycles. The molecule has 6 nitrogen and oxygen atoms in total. The maximum Gasteiger partial charge on any atom is 0.145 e. The third-order valence-corrected chi connectivity index (χ3v) is 11.5. The molecule has 4 heterocycles. The van der Waals surface area contributed by atoms with E-state index < -0.39 is 0 Å². The normalized spacial score (nSPS) is 11.9. The lowest BCUT2D eigenvalue weighted by Crippen LogP contribution is -2.08. The fraction of sp³-hybridized carbons (Fsp3) is 0. The Morgan fingerprint density at radius 3 is 1.23 bits per heavy atom. The van der Waals surface area contributed by atoms with Gasteiger partial charge in [-0.05, 0) is 72.8 Å². The van der Waals surface area contributed by atoms with Crippen LogP contribution in [0.1, 0.15) is 11.1 Å². The van der Waals surface area contributed by atoms with Gasteiger partial charge in [-0.1, -0.05) is 91.0 Å². The number of benzene rings is 8. The number of fused-ring (bicyclic) bond motifs is 14. The highest BCUT2D eigenvalue weighted by Crippen LogP contribution is 2.46. The molecule has 0 atom stereocenters. The molecule has 0 saturated carbocycles. The van der Waals surface area contributed by atoms with Crippen molar-refractivity contribution in [1.29, 1.82) is 10.5 Å². The van der Waals surface area contributed by atoms with Gasteiger partial charge in [0, 0.05) is 38.0 Å². The average molecular weight is 714 g/mol. The Morgan fingerprint density at radius 2 is 0.732 bits per heavy atom. The van der Waals surface area contributed by atoms with Crippen LogP contribution in [0.2, 0.25) is 0 Å². The predicted molar refractivity (Wildman–Crippen MR) is 226 cm³/mol. The van der Waals surface area contributed by atoms with E-state index in [4.69, 9.17) is 4.42 Å². The zero-order valence-corrected chi connectivity index (χ0v) is 29.7. The Balaban J connectivity index is 1.24. The quantitative estimate of drug-likeness (QED) is 0.183. The molecule has 0 aliphatic rings. The summed E-state index contributed by atoms with van der Waals surface area (Å²) in [7, 11) is 0. The first kappa shape index (κ1) is 30.4. The van der Waals surface area contributed by atoms with Crippen LogP contribution in [0.3, 0.4) is 0 Å². The van der Waals surface area contributed by atoms with Gasteiger partial charge in [-0.25, -0.2) is 0 Å². The molecule has 6 heteroatoms. The van der Waals surface area contributed by atoms with E-state index in [1.807, 2.05) is 42.5 Å². The molecule has 0 aliphatic carbocycles. The number of furan rings is 1. The highest BCUT2D eigenvalue weighted by molar-refractivity contribution is 6.29. The van der Waals surface area contributed by atoms with Crippen molar-refractivity contribution in [2.45, 2.75) is 0 Å². The molecule has 0 amide bonds. The summed E-state index contributed by atoms with van der Waals surface area (Å²) >= 11 is 0. The number of para-hydroxylation sites is 5. The van der Waals surface area contributed by atoms with E-state index in [0.717, 1.165) is 93.0 Å². The number of aromatic nitrogens is 3. The molecule has 0 unspecified atom stereocenters. The van der Waals surface area contributed by atoms with E-state index in [2.05, 4.69) is 135 Å². The number of hydrogen-bond donors (Lipinski definition) is 0. The van der Waals surface area contributed by atoms with E-state index >= 15 is 0 Å². The van der Waals surface area contributed by atoms with E-state index in [1.54, 1.807) is 12.1 Å². The lowest BCUT2D eigenvalue weighted by Gasteiger charge is -2.19. The molecule has 0 N–H and O–H groups in total. The van der Waals surface area contributed by atoms with Gasteiger partial charge in [-0.2, -0.15) is 10.5 Å². The molecule has 8 aromatic carbocycles. The van der Waals surface area contributed by atoms with Crippen LogP contribution in [0.25, 0.3) is 104 Å². The Kier molecular flexibility index (Phi) is 6.10. The van der Waals surface area contributed by atoms with Gasteiger partial charge < -0.3 is 18.1 Å². The van der Waals surface area contributed by atoms with Gasteiger partial charge in [0.25, 0.3) is 0 Å². The summed E-state index contributed by atoms with van der Waals surface area (Å²) in [4.78, 5) is 0. The van der Waals surface area contributed by atoms with E-state index in [0.29, 0.717) is 22.5 Å². The molecule has 0 saturated heterocycles. The van der Waals surface area contributed by atoms with Crippen LogP contribution in [0.5, 0.6) is 0 Å². The standard InChI is InChI=1S/C50H27N5O/c51-28-30-22-23-31(29-52)48(47(30)54-39-18-8-4-14-33(39)34-15-5-9-19-40(34)54)55-42-21-11-7-17-38(42)46-44(55)27-25-36-35-24-26-43-45(49(35)56-50(36)46)37-16-6-10-20-41(37)53(43)32-12-2-1-3-13-32/h1-27H. The second kappa shape index (κ2) is 11.2. The monoisotopic (exact) mass is 713 g/mol. The lowest BCUT2D eigenvalue weighted by molar-refractivity contribution is 0.677. The van der Waals surface area contributed by atoms with Crippen molar-refractivity contribution in [2.75, 3.05) is 0 Å². The summed E-state index contributed by atoms with van der Waals surface area (Å²) < 4.78 is 13.8. The second-order valence-corrected chi connectivity index (χ2v) is 14.3. The summed E-state index contributed by atoms with van der Waals surface area (Å²) in [6.45, 7) is 0. The van der Waals surface area contributed by atoms with Crippen molar-refractivity contribution in [3.63, 3.8) is 0 Å². The van der Waals surface area contributed by atoms with Gasteiger partial charge >= 0.3 is 0 Å². The highest BCUT2D eigenvalue weighted by atomic mass is 16.3. The minimum Gasteiger partial charge on any atom is -0.455 e. The van der Waals surface area contributed by atoms with Crippen molar-refractivity contribution in [3.8, 4) is 29.2 Å². The number of nitriles is 2. The fourth-order valence-corrected chi connectivity index (χ4v) is 9.27. The molecule has 0 radical (unpaired) electrons. The zero-order valence-electron chi connectivity index (χ0n) is 29.7. The van der Waals surface area contributed by atoms with Gasteiger partial charge in [-0.15, -0.1) is 0 Å². The minimum absolute atomic E-state index is 0.462. The Labute approximate surface area is 319 Å². The summed E-state index contributed by atoms with van der Waals surface area (Å²) in [5.74, 6) is 0. The van der Waals surface area contributed by atoms with Crippen LogP contribution in [0, 0.1) is 22.7 Å². The summed E-state index contributed by atoms with van der Waals surface area (Å²) in [5, 5.41) is 29.9. The van der Waals surface area contributed by atoms with Crippen molar-refractivity contribution >= 4 is 87.4 Å². The van der Waals surface area contributed by atoms with Crippen molar-refractivity contribution in [3.05, 3.63) is 175 Å². The molecule has 56 heavy (non-hydrogen) atoms. The molecule has 0 spiro atoms. The van der Waals surface area contributed by atoms with Crippen LogP contribution < -0.4 is 0 Å². The third-order valence-electron chi connectivity index (χ3n) is 11.5. The molecule has 12 rings (SSSR count). The van der Waals surface area contributed by atoms with Gasteiger partial charge in [0.15, 0.2) is 0 Å². The summed E-state index contributed by atoms with van der Waals surface area (Å²) in [6, 6.07) is 60.9. The van der Waals surface area contributed by atoms with E-state index in [1.165, 1.54) is 0 Å². The van der Waals surface area contributed by atoms with Gasteiger partial charge in [0.2, 0.25) is 0 Å². The molecular weight excluding hydrogens is 687 g/mol. The average Bonchev–Trinajstić information content (AvgIpc) is 3.99. The van der Waals surface area contributed by atoms with Crippen LogP contribution in [0.4, 0.5) is 0 Å². The van der Waals surface area contributed by atoms with E-state index in [-0.39, 0.29) is 0 Å². The molecule has 0 fully saturated rings. The number of nitrogens with zero attached hydrogens (tertiary/aromatic N) is 5. The summed E-state index contributed by atoms with van der Waals surface area (Å²) in [6.07, 6.45) is 0. The topological polar surface area (TPSA) is 75.5 Å². The largest absolute Gasteiger partial charge is 0.455 e. The highest BCUT2D eigenvalue weighted by Gasteiger charge is 2.27. The molecule has 12 aromatic rings. The minimum atomic E-state index is 0.462. The van der Waals surface area contributed by atoms with Gasteiger partial charge in [-0.3, -0.25) is 0 Å². The first-order valence-corrected chi connectivity index (χ1v) is 18.6. The Hall–Kier alpha value is -8.06. The molecular formula is C50H27N5O. The van der Waals surface area contributed by atoms with Gasteiger partial charge in [0.05, 0.1) is 66.4 Å². The number of hydrogen-bond acceptors (Lipinski definition) is 3. The SMILES string of the molecule is N#Cc1ccc(C#N)c(-n2c3ccccc3c3c4oc5c(ccc6c5c5ccccc5n6-c5ccccc5)c4ccc32)c1-n1c2ccccc2c2ccccc21. The Bertz CT molecular complexity index is 3680. The molecule has 0 bridgehead atoms. The fourth-order valence-electron chi connectivity index (χ4n) is 9.27. The lowest BCUT2D eigenvalue weighted by atomic mass is 10.0. The van der Waals surface area contributed by atoms with Crippen molar-refractivity contribution < 1.29 is 4.42 Å². The second-order valence-electron chi connectivity index (χ2n) is 14.3. The van der Waals surface area contributed by atoms with Crippen LogP contribution in [-0.2, 0) is 0 Å². The zero-order chi connectivity index (χ0) is 37.1. The van der Waals surface area contributed by atoms with Crippen molar-refractivity contribution in [2.24, 2.45) is 0 Å². The summed E-state index contributed by atoms with van der Waals surface area (Å²) in [5.41, 5.74) is 10.8. The maximum absolute atomic E-state index is 10.8. The van der Waals surface area contributed by atoms with Gasteiger partial charge in [0.1, 0.15) is 23.3 Å². The van der Waals surface area contributed by atoms with Crippen LogP contribution in [-0.4, -0.2) is 13.7 Å². The molecule has 258 valence electrons. The molecule has 4 aromatic heterocycles. The Morgan fingerprint density at radius 1 is 0.339 bits per heavy atom. The first-order valence-electron chi connectivity index (χ1n) is 18.6. The van der Waals surface area contributed by atoms with Crippen molar-refractivity contribution in [1.82, 2.24) is 13.7 Å². The van der Waals surface area contributed by atoms with E-state index in [9.17, 15) is 10.5 Å². The maximum atomic E-state index is 10.8. The predicted octanol–water partition coefficient (Wildman–Crippen LogP) is 12.6. The van der Waals surface area contributed by atoms with Crippen LogP contribution in [0.15, 0.2) is 168 Å². The number of rotatable bonds is 3. The first-order chi connectivity index (χ1) is 27.7.